The van der Waals surface area contributed by atoms with Crippen LogP contribution in [-0.4, -0.2) is 16.5 Å². The van der Waals surface area contributed by atoms with E-state index >= 15 is 0 Å². The Morgan fingerprint density at radius 3 is 2.54 bits per heavy atom. The molecule has 0 saturated carbocycles. The van der Waals surface area contributed by atoms with Crippen LogP contribution in [0.5, 0.6) is 0 Å². The van der Waals surface area contributed by atoms with Gasteiger partial charge in [0.2, 0.25) is 0 Å². The van der Waals surface area contributed by atoms with Gasteiger partial charge in [-0.2, -0.15) is 0 Å². The summed E-state index contributed by atoms with van der Waals surface area (Å²) in [4.78, 5) is 8.88. The highest BCUT2D eigenvalue weighted by Gasteiger charge is 2.18. The van der Waals surface area contributed by atoms with Gasteiger partial charge >= 0.3 is 0 Å². The smallest absolute Gasteiger partial charge is 0.145 e. The molecule has 0 aliphatic carbocycles. The third-order valence-corrected chi connectivity index (χ3v) is 2.37. The molecular formula is C10H15N3. The van der Waals surface area contributed by atoms with Gasteiger partial charge in [0.05, 0.1) is 6.04 Å². The van der Waals surface area contributed by atoms with Crippen molar-refractivity contribution in [2.75, 3.05) is 6.54 Å². The Kier molecular flexibility index (Phi) is 2.27. The van der Waals surface area contributed by atoms with Crippen molar-refractivity contribution in [1.29, 1.82) is 0 Å². The van der Waals surface area contributed by atoms with Crippen molar-refractivity contribution in [3.05, 3.63) is 23.3 Å². The average Bonchev–Trinajstić information content (AvgIpc) is 2.53. The van der Waals surface area contributed by atoms with Gasteiger partial charge in [0.15, 0.2) is 0 Å². The lowest BCUT2D eigenvalue weighted by Crippen LogP contribution is -2.16. The zero-order valence-electron chi connectivity index (χ0n) is 8.17. The van der Waals surface area contributed by atoms with E-state index in [2.05, 4.69) is 15.3 Å². The van der Waals surface area contributed by atoms with E-state index in [-0.39, 0.29) is 0 Å². The fraction of sp³-hybridized carbons (Fsp3) is 0.600. The van der Waals surface area contributed by atoms with E-state index in [1.54, 1.807) is 0 Å². The van der Waals surface area contributed by atoms with Gasteiger partial charge in [0.25, 0.3) is 0 Å². The lowest BCUT2D eigenvalue weighted by atomic mass is 10.2. The van der Waals surface area contributed by atoms with Gasteiger partial charge in [0, 0.05) is 11.4 Å². The zero-order chi connectivity index (χ0) is 9.26. The maximum atomic E-state index is 4.44. The molecule has 0 amide bonds. The summed E-state index contributed by atoms with van der Waals surface area (Å²) in [6.07, 6.45) is 2.41. The van der Waals surface area contributed by atoms with Crippen molar-refractivity contribution in [3.8, 4) is 0 Å². The molecule has 3 heteroatoms. The van der Waals surface area contributed by atoms with Crippen molar-refractivity contribution in [3.63, 3.8) is 0 Å². The predicted octanol–water partition coefficient (Wildman–Crippen LogP) is 1.52. The molecule has 2 rings (SSSR count). The van der Waals surface area contributed by atoms with Crippen molar-refractivity contribution < 1.29 is 0 Å². The van der Waals surface area contributed by atoms with Crippen molar-refractivity contribution in [2.24, 2.45) is 0 Å². The van der Waals surface area contributed by atoms with Crippen molar-refractivity contribution in [1.82, 2.24) is 15.3 Å². The Balaban J connectivity index is 2.28. The van der Waals surface area contributed by atoms with Gasteiger partial charge in [-0.3, -0.25) is 0 Å². The topological polar surface area (TPSA) is 37.8 Å². The number of hydrogen-bond donors (Lipinski definition) is 1. The number of hydrogen-bond acceptors (Lipinski definition) is 3. The molecule has 0 radical (unpaired) electrons. The molecule has 1 atom stereocenters. The van der Waals surface area contributed by atoms with Crippen molar-refractivity contribution >= 4 is 0 Å². The Morgan fingerprint density at radius 1 is 1.31 bits per heavy atom. The van der Waals surface area contributed by atoms with Gasteiger partial charge in [-0.15, -0.1) is 0 Å². The molecule has 2 heterocycles. The first-order valence-corrected chi connectivity index (χ1v) is 4.81. The highest BCUT2D eigenvalue weighted by molar-refractivity contribution is 5.11. The SMILES string of the molecule is Cc1cc(C)nc(C2CCCN2)n1. The predicted molar refractivity (Wildman–Crippen MR) is 51.5 cm³/mol. The standard InChI is InChI=1S/C10H15N3/c1-7-6-8(2)13-10(12-7)9-4-3-5-11-9/h6,9,11H,3-5H2,1-2H3. The van der Waals surface area contributed by atoms with E-state index in [9.17, 15) is 0 Å². The summed E-state index contributed by atoms with van der Waals surface area (Å²) >= 11 is 0. The molecule has 1 aliphatic rings. The number of aryl methyl sites for hydroxylation is 2. The summed E-state index contributed by atoms with van der Waals surface area (Å²) in [5, 5.41) is 3.40. The van der Waals surface area contributed by atoms with E-state index < -0.39 is 0 Å². The molecule has 70 valence electrons. The summed E-state index contributed by atoms with van der Waals surface area (Å²) in [5.74, 6) is 0.968. The minimum absolute atomic E-state index is 0.388. The van der Waals surface area contributed by atoms with E-state index in [0.29, 0.717) is 6.04 Å². The molecule has 1 unspecified atom stereocenters. The summed E-state index contributed by atoms with van der Waals surface area (Å²) in [6, 6.07) is 2.40. The molecule has 1 aromatic heterocycles. The third-order valence-electron chi connectivity index (χ3n) is 2.37. The Hall–Kier alpha value is -0.960. The average molecular weight is 177 g/mol. The highest BCUT2D eigenvalue weighted by atomic mass is 15.0. The molecule has 1 N–H and O–H groups in total. The van der Waals surface area contributed by atoms with Crippen LogP contribution in [0.1, 0.15) is 36.1 Å². The fourth-order valence-corrected chi connectivity index (χ4v) is 1.81. The minimum Gasteiger partial charge on any atom is -0.307 e. The van der Waals surface area contributed by atoms with Crippen LogP contribution < -0.4 is 5.32 Å². The van der Waals surface area contributed by atoms with Crippen LogP contribution in [0.2, 0.25) is 0 Å². The molecule has 1 aromatic rings. The molecular weight excluding hydrogens is 162 g/mol. The van der Waals surface area contributed by atoms with Crippen LogP contribution in [-0.2, 0) is 0 Å². The number of nitrogens with one attached hydrogen (secondary N) is 1. The maximum absolute atomic E-state index is 4.44. The fourth-order valence-electron chi connectivity index (χ4n) is 1.81. The normalized spacial score (nSPS) is 22.2. The monoisotopic (exact) mass is 177 g/mol. The molecule has 3 nitrogen and oxygen atoms in total. The molecule has 0 aromatic carbocycles. The Bertz CT molecular complexity index is 283. The summed E-state index contributed by atoms with van der Waals surface area (Å²) in [7, 11) is 0. The zero-order valence-corrected chi connectivity index (χ0v) is 8.17. The molecule has 0 spiro atoms. The van der Waals surface area contributed by atoms with Gasteiger partial charge in [-0.05, 0) is 39.3 Å². The minimum atomic E-state index is 0.388. The Morgan fingerprint density at radius 2 is 2.00 bits per heavy atom. The van der Waals surface area contributed by atoms with Crippen LogP contribution in [0, 0.1) is 13.8 Å². The molecule has 1 aliphatic heterocycles. The second-order valence-electron chi connectivity index (χ2n) is 3.66. The molecule has 1 fully saturated rings. The number of rotatable bonds is 1. The molecule has 13 heavy (non-hydrogen) atoms. The van der Waals surface area contributed by atoms with E-state index in [1.165, 1.54) is 12.8 Å². The van der Waals surface area contributed by atoms with Gasteiger partial charge < -0.3 is 5.32 Å². The van der Waals surface area contributed by atoms with Gasteiger partial charge in [-0.1, -0.05) is 0 Å². The lowest BCUT2D eigenvalue weighted by molar-refractivity contribution is 0.599. The maximum Gasteiger partial charge on any atom is 0.145 e. The summed E-state index contributed by atoms with van der Waals surface area (Å²) < 4.78 is 0. The van der Waals surface area contributed by atoms with Crippen molar-refractivity contribution in [2.45, 2.75) is 32.7 Å². The van der Waals surface area contributed by atoms with Crippen LogP contribution in [0.15, 0.2) is 6.07 Å². The third kappa shape index (κ3) is 1.86. The first-order chi connectivity index (χ1) is 6.25. The van der Waals surface area contributed by atoms with E-state index in [0.717, 1.165) is 23.8 Å². The number of nitrogens with zero attached hydrogens (tertiary/aromatic N) is 2. The Labute approximate surface area is 78.6 Å². The molecule has 0 bridgehead atoms. The quantitative estimate of drug-likeness (QED) is 0.706. The summed E-state index contributed by atoms with van der Waals surface area (Å²) in [5.41, 5.74) is 2.13. The second kappa shape index (κ2) is 3.42. The lowest BCUT2D eigenvalue weighted by Gasteiger charge is -2.09. The van der Waals surface area contributed by atoms with Crippen LogP contribution >= 0.6 is 0 Å². The first-order valence-electron chi connectivity index (χ1n) is 4.81. The largest absolute Gasteiger partial charge is 0.307 e. The van der Waals surface area contributed by atoms with E-state index in [1.807, 2.05) is 19.9 Å². The highest BCUT2D eigenvalue weighted by Crippen LogP contribution is 2.19. The van der Waals surface area contributed by atoms with Gasteiger partial charge in [0.1, 0.15) is 5.82 Å². The summed E-state index contributed by atoms with van der Waals surface area (Å²) in [6.45, 7) is 5.14. The number of aromatic nitrogens is 2. The van der Waals surface area contributed by atoms with Crippen LogP contribution in [0.4, 0.5) is 0 Å². The van der Waals surface area contributed by atoms with Crippen LogP contribution in [0.3, 0.4) is 0 Å². The van der Waals surface area contributed by atoms with E-state index in [4.69, 9.17) is 0 Å². The molecule has 1 saturated heterocycles. The van der Waals surface area contributed by atoms with Crippen LogP contribution in [0.25, 0.3) is 0 Å². The van der Waals surface area contributed by atoms with Gasteiger partial charge in [-0.25, -0.2) is 9.97 Å². The first kappa shape index (κ1) is 8.63. The second-order valence-corrected chi connectivity index (χ2v) is 3.66.